The Balaban J connectivity index is 1.93. The normalized spacial score (nSPS) is 27.7. The SMILES string of the molecule is CCC1(C(C)C)CCN(C(=O)CCN2C(=O)CC(C(C)(C)C)C2=O)C1. The second-order valence-corrected chi connectivity index (χ2v) is 9.19. The predicted octanol–water partition coefficient (Wildman–Crippen LogP) is 3.08. The van der Waals surface area contributed by atoms with Crippen molar-refractivity contribution in [3.63, 3.8) is 0 Å². The van der Waals surface area contributed by atoms with Gasteiger partial charge in [-0.3, -0.25) is 19.3 Å². The highest BCUT2D eigenvalue weighted by Crippen LogP contribution is 2.41. The fourth-order valence-corrected chi connectivity index (χ4v) is 4.24. The van der Waals surface area contributed by atoms with Gasteiger partial charge >= 0.3 is 0 Å². The Hall–Kier alpha value is -1.39. The molecule has 0 radical (unpaired) electrons. The Bertz CT molecular complexity index is 550. The van der Waals surface area contributed by atoms with Crippen LogP contribution in [-0.2, 0) is 14.4 Å². The summed E-state index contributed by atoms with van der Waals surface area (Å²) in [6.07, 6.45) is 2.63. The van der Waals surface area contributed by atoms with Gasteiger partial charge in [-0.15, -0.1) is 0 Å². The number of imide groups is 1. The summed E-state index contributed by atoms with van der Waals surface area (Å²) < 4.78 is 0. The lowest BCUT2D eigenvalue weighted by atomic mass is 9.74. The van der Waals surface area contributed by atoms with Gasteiger partial charge in [0.25, 0.3) is 0 Å². The maximum atomic E-state index is 12.6. The van der Waals surface area contributed by atoms with E-state index in [1.54, 1.807) is 0 Å². The summed E-state index contributed by atoms with van der Waals surface area (Å²) in [4.78, 5) is 40.5. The Morgan fingerprint density at radius 3 is 2.36 bits per heavy atom. The molecule has 2 saturated heterocycles. The van der Waals surface area contributed by atoms with Crippen molar-refractivity contribution in [1.82, 2.24) is 9.80 Å². The zero-order chi connectivity index (χ0) is 19.0. The Labute approximate surface area is 152 Å². The van der Waals surface area contributed by atoms with Gasteiger partial charge in [-0.1, -0.05) is 41.5 Å². The Morgan fingerprint density at radius 2 is 1.92 bits per heavy atom. The zero-order valence-electron chi connectivity index (χ0n) is 16.7. The number of carbonyl (C=O) groups excluding carboxylic acids is 3. The molecule has 0 bridgehead atoms. The molecule has 0 aromatic heterocycles. The predicted molar refractivity (Wildman–Crippen MR) is 97.7 cm³/mol. The van der Waals surface area contributed by atoms with E-state index in [4.69, 9.17) is 0 Å². The maximum absolute atomic E-state index is 12.6. The molecule has 2 atom stereocenters. The van der Waals surface area contributed by atoms with Crippen LogP contribution in [-0.4, -0.2) is 47.2 Å². The minimum atomic E-state index is -0.268. The van der Waals surface area contributed by atoms with E-state index in [2.05, 4.69) is 20.8 Å². The summed E-state index contributed by atoms with van der Waals surface area (Å²) in [6.45, 7) is 14.4. The smallest absolute Gasteiger partial charge is 0.233 e. The quantitative estimate of drug-likeness (QED) is 0.716. The summed E-state index contributed by atoms with van der Waals surface area (Å²) >= 11 is 0. The molecule has 2 rings (SSSR count). The first kappa shape index (κ1) is 19.9. The van der Waals surface area contributed by atoms with E-state index in [9.17, 15) is 14.4 Å². The van der Waals surface area contributed by atoms with E-state index in [1.165, 1.54) is 4.90 Å². The van der Waals surface area contributed by atoms with E-state index in [0.29, 0.717) is 5.92 Å². The first-order chi connectivity index (χ1) is 11.5. The van der Waals surface area contributed by atoms with Gasteiger partial charge in [-0.05, 0) is 29.6 Å². The molecule has 2 aliphatic rings. The molecule has 5 nitrogen and oxygen atoms in total. The topological polar surface area (TPSA) is 57.7 Å². The van der Waals surface area contributed by atoms with Crippen LogP contribution in [0.5, 0.6) is 0 Å². The molecule has 25 heavy (non-hydrogen) atoms. The average Bonchev–Trinajstić information content (AvgIpc) is 3.08. The third-order valence-corrected chi connectivity index (χ3v) is 6.51. The van der Waals surface area contributed by atoms with Crippen LogP contribution in [0.25, 0.3) is 0 Å². The van der Waals surface area contributed by atoms with Crippen LogP contribution in [0.2, 0.25) is 0 Å². The molecule has 3 amide bonds. The van der Waals surface area contributed by atoms with E-state index in [1.807, 2.05) is 25.7 Å². The van der Waals surface area contributed by atoms with Gasteiger partial charge < -0.3 is 4.90 Å². The molecule has 0 N–H and O–H groups in total. The van der Waals surface area contributed by atoms with Crippen LogP contribution in [0.4, 0.5) is 0 Å². The van der Waals surface area contributed by atoms with Crippen LogP contribution in [0.3, 0.4) is 0 Å². The van der Waals surface area contributed by atoms with Crippen molar-refractivity contribution >= 4 is 17.7 Å². The molecule has 2 heterocycles. The lowest BCUT2D eigenvalue weighted by molar-refractivity contribution is -0.141. The number of carbonyl (C=O) groups is 3. The van der Waals surface area contributed by atoms with Gasteiger partial charge in [0, 0.05) is 32.5 Å². The monoisotopic (exact) mass is 350 g/mol. The molecule has 0 aromatic carbocycles. The van der Waals surface area contributed by atoms with Crippen LogP contribution in [0.1, 0.15) is 67.2 Å². The van der Waals surface area contributed by atoms with Gasteiger partial charge in [0.1, 0.15) is 0 Å². The van der Waals surface area contributed by atoms with Crippen molar-refractivity contribution in [1.29, 1.82) is 0 Å². The number of amides is 3. The Kier molecular flexibility index (Phi) is 5.65. The van der Waals surface area contributed by atoms with Gasteiger partial charge in [0.15, 0.2) is 0 Å². The third kappa shape index (κ3) is 3.90. The molecule has 142 valence electrons. The summed E-state index contributed by atoms with van der Waals surface area (Å²) in [5, 5.41) is 0. The van der Waals surface area contributed by atoms with Crippen molar-refractivity contribution in [3.05, 3.63) is 0 Å². The molecule has 5 heteroatoms. The highest BCUT2D eigenvalue weighted by atomic mass is 16.2. The van der Waals surface area contributed by atoms with Gasteiger partial charge in [0.2, 0.25) is 17.7 Å². The zero-order valence-corrected chi connectivity index (χ0v) is 16.7. The summed E-state index contributed by atoms with van der Waals surface area (Å²) in [7, 11) is 0. The largest absolute Gasteiger partial charge is 0.342 e. The summed E-state index contributed by atoms with van der Waals surface area (Å²) in [5.74, 6) is 0.0944. The van der Waals surface area contributed by atoms with Gasteiger partial charge in [-0.25, -0.2) is 0 Å². The van der Waals surface area contributed by atoms with E-state index in [-0.39, 0.29) is 53.9 Å². The second-order valence-electron chi connectivity index (χ2n) is 9.19. The number of hydrogen-bond donors (Lipinski definition) is 0. The molecular formula is C20H34N2O3. The van der Waals surface area contributed by atoms with Crippen molar-refractivity contribution in [2.45, 2.75) is 67.2 Å². The number of rotatable bonds is 5. The molecule has 0 spiro atoms. The van der Waals surface area contributed by atoms with Gasteiger partial charge in [0.05, 0.1) is 5.92 Å². The first-order valence-electron chi connectivity index (χ1n) is 9.64. The summed E-state index contributed by atoms with van der Waals surface area (Å²) in [6, 6.07) is 0. The minimum absolute atomic E-state index is 0.0655. The highest BCUT2D eigenvalue weighted by molar-refractivity contribution is 6.04. The van der Waals surface area contributed by atoms with Crippen molar-refractivity contribution in [2.75, 3.05) is 19.6 Å². The van der Waals surface area contributed by atoms with Crippen LogP contribution >= 0.6 is 0 Å². The molecule has 2 aliphatic heterocycles. The van der Waals surface area contributed by atoms with Gasteiger partial charge in [-0.2, -0.15) is 0 Å². The molecule has 0 saturated carbocycles. The highest BCUT2D eigenvalue weighted by Gasteiger charge is 2.45. The van der Waals surface area contributed by atoms with Crippen LogP contribution < -0.4 is 0 Å². The molecule has 0 aliphatic carbocycles. The summed E-state index contributed by atoms with van der Waals surface area (Å²) in [5.41, 5.74) is -0.00921. The molecule has 0 aromatic rings. The number of hydrogen-bond acceptors (Lipinski definition) is 3. The number of nitrogens with zero attached hydrogens (tertiary/aromatic N) is 2. The fourth-order valence-electron chi connectivity index (χ4n) is 4.24. The van der Waals surface area contributed by atoms with E-state index >= 15 is 0 Å². The van der Waals surface area contributed by atoms with Crippen LogP contribution in [0.15, 0.2) is 0 Å². The molecule has 2 fully saturated rings. The lowest BCUT2D eigenvalue weighted by Crippen LogP contribution is -2.39. The van der Waals surface area contributed by atoms with Crippen molar-refractivity contribution in [2.24, 2.45) is 22.7 Å². The second kappa shape index (κ2) is 7.08. The van der Waals surface area contributed by atoms with Crippen LogP contribution in [0, 0.1) is 22.7 Å². The molecular weight excluding hydrogens is 316 g/mol. The average molecular weight is 351 g/mol. The first-order valence-corrected chi connectivity index (χ1v) is 9.64. The van der Waals surface area contributed by atoms with Crippen molar-refractivity contribution < 1.29 is 14.4 Å². The van der Waals surface area contributed by atoms with E-state index < -0.39 is 0 Å². The lowest BCUT2D eigenvalue weighted by Gasteiger charge is -2.32. The fraction of sp³-hybridized carbons (Fsp3) is 0.850. The molecule has 2 unspecified atom stereocenters. The standard InChI is InChI=1S/C20H34N2O3/c1-7-20(14(2)3)9-11-21(13-20)16(23)8-10-22-17(24)12-15(18(22)25)19(4,5)6/h14-15H,7-13H2,1-6H3. The maximum Gasteiger partial charge on any atom is 0.233 e. The minimum Gasteiger partial charge on any atom is -0.342 e. The Morgan fingerprint density at radius 1 is 1.28 bits per heavy atom. The third-order valence-electron chi connectivity index (χ3n) is 6.51. The van der Waals surface area contributed by atoms with Crippen molar-refractivity contribution in [3.8, 4) is 0 Å². The number of likely N-dealkylation sites (tertiary alicyclic amines) is 2. The van der Waals surface area contributed by atoms with E-state index in [0.717, 1.165) is 25.9 Å².